The lowest BCUT2D eigenvalue weighted by Gasteiger charge is -2.11. The minimum absolute atomic E-state index is 0.0880. The molecule has 0 radical (unpaired) electrons. The molecule has 4 nitrogen and oxygen atoms in total. The van der Waals surface area contributed by atoms with Crippen LogP contribution in [0.3, 0.4) is 0 Å². The van der Waals surface area contributed by atoms with Crippen molar-refractivity contribution in [1.82, 2.24) is 4.72 Å². The van der Waals surface area contributed by atoms with E-state index in [1.807, 2.05) is 6.92 Å². The van der Waals surface area contributed by atoms with E-state index in [1.165, 1.54) is 29.7 Å². The van der Waals surface area contributed by atoms with E-state index in [2.05, 4.69) is 63.6 Å². The van der Waals surface area contributed by atoms with E-state index in [1.54, 1.807) is 36.4 Å². The van der Waals surface area contributed by atoms with E-state index >= 15 is 0 Å². The SMILES string of the molecule is CCC(C)c1ccc(S(=O)(=O)NC(=O)c2ccc(C)cc2)cc1.CCC(C)c1cccc(C)c1. The number of aryl methyl sites for hydroxylation is 2. The van der Waals surface area contributed by atoms with E-state index in [9.17, 15) is 13.2 Å². The Hall–Kier alpha value is -2.92. The van der Waals surface area contributed by atoms with Gasteiger partial charge >= 0.3 is 0 Å². The van der Waals surface area contributed by atoms with Crippen molar-refractivity contribution < 1.29 is 13.2 Å². The molecule has 0 saturated heterocycles. The normalized spacial score (nSPS) is 12.8. The van der Waals surface area contributed by atoms with Crippen molar-refractivity contribution in [2.45, 2.75) is 71.1 Å². The van der Waals surface area contributed by atoms with Crippen molar-refractivity contribution in [3.63, 3.8) is 0 Å². The second-order valence-electron chi connectivity index (χ2n) is 8.90. The van der Waals surface area contributed by atoms with Gasteiger partial charge in [0.1, 0.15) is 0 Å². The molecule has 0 aliphatic rings. The molecule has 1 amide bonds. The summed E-state index contributed by atoms with van der Waals surface area (Å²) in [7, 11) is -3.87. The van der Waals surface area contributed by atoms with Gasteiger partial charge in [0, 0.05) is 5.56 Å². The summed E-state index contributed by atoms with van der Waals surface area (Å²) in [4.78, 5) is 12.2. The van der Waals surface area contributed by atoms with Crippen molar-refractivity contribution in [1.29, 1.82) is 0 Å². The molecule has 0 aromatic heterocycles. The molecule has 2 unspecified atom stereocenters. The maximum Gasteiger partial charge on any atom is 0.264 e. The van der Waals surface area contributed by atoms with Crippen LogP contribution in [0, 0.1) is 13.8 Å². The van der Waals surface area contributed by atoms with Gasteiger partial charge in [-0.3, -0.25) is 4.79 Å². The zero-order valence-electron chi connectivity index (χ0n) is 21.1. The topological polar surface area (TPSA) is 63.2 Å². The fourth-order valence-electron chi connectivity index (χ4n) is 3.37. The molecule has 34 heavy (non-hydrogen) atoms. The van der Waals surface area contributed by atoms with Gasteiger partial charge in [-0.2, -0.15) is 0 Å². The number of carbonyl (C=O) groups is 1. The number of rotatable bonds is 7. The van der Waals surface area contributed by atoms with Gasteiger partial charge in [0.05, 0.1) is 4.90 Å². The van der Waals surface area contributed by atoms with E-state index < -0.39 is 15.9 Å². The molecule has 0 saturated carbocycles. The molecular weight excluding hydrogens is 442 g/mol. The van der Waals surface area contributed by atoms with Gasteiger partial charge in [-0.1, -0.05) is 87.4 Å². The van der Waals surface area contributed by atoms with Crippen molar-refractivity contribution >= 4 is 15.9 Å². The zero-order chi connectivity index (χ0) is 25.3. The molecule has 0 spiro atoms. The predicted octanol–water partition coefficient (Wildman–Crippen LogP) is 7.14. The van der Waals surface area contributed by atoms with Crippen LogP contribution in [0.5, 0.6) is 0 Å². The third-order valence-corrected chi connectivity index (χ3v) is 7.48. The van der Waals surface area contributed by atoms with Crippen molar-refractivity contribution in [3.05, 3.63) is 101 Å². The second-order valence-corrected chi connectivity index (χ2v) is 10.6. The summed E-state index contributed by atoms with van der Waals surface area (Å²) in [5.74, 6) is 0.444. The summed E-state index contributed by atoms with van der Waals surface area (Å²) in [5.41, 5.74) is 5.23. The van der Waals surface area contributed by atoms with Crippen LogP contribution >= 0.6 is 0 Å². The summed E-state index contributed by atoms with van der Waals surface area (Å²) < 4.78 is 26.7. The average Bonchev–Trinajstić information content (AvgIpc) is 2.83. The van der Waals surface area contributed by atoms with E-state index in [0.717, 1.165) is 17.5 Å². The van der Waals surface area contributed by atoms with Crippen molar-refractivity contribution in [3.8, 4) is 0 Å². The summed E-state index contributed by atoms with van der Waals surface area (Å²) >= 11 is 0. The van der Waals surface area contributed by atoms with Gasteiger partial charge in [-0.15, -0.1) is 0 Å². The molecule has 0 bridgehead atoms. The standard InChI is InChI=1S/C18H21NO3S.C11H16/c1-4-14(3)15-9-11-17(12-10-15)23(21,22)19-18(20)16-7-5-13(2)6-8-16;1-4-10(3)11-7-5-6-9(2)8-11/h5-12,14H,4H2,1-3H3,(H,19,20);5-8,10H,4H2,1-3H3. The predicted molar refractivity (Wildman–Crippen MR) is 141 cm³/mol. The molecule has 182 valence electrons. The Balaban J connectivity index is 0.000000310. The number of amides is 1. The number of carbonyl (C=O) groups excluding carboxylic acids is 1. The Morgan fingerprint density at radius 3 is 1.85 bits per heavy atom. The first-order valence-electron chi connectivity index (χ1n) is 11.9. The average molecular weight is 480 g/mol. The third kappa shape index (κ3) is 7.84. The maximum absolute atomic E-state index is 12.3. The number of hydrogen-bond acceptors (Lipinski definition) is 3. The molecule has 0 aliphatic carbocycles. The molecule has 3 aromatic carbocycles. The Bertz CT molecular complexity index is 1170. The van der Waals surface area contributed by atoms with Crippen LogP contribution in [0.15, 0.2) is 77.7 Å². The lowest BCUT2D eigenvalue weighted by atomic mass is 9.97. The van der Waals surface area contributed by atoms with E-state index in [4.69, 9.17) is 0 Å². The maximum atomic E-state index is 12.3. The molecule has 0 fully saturated rings. The van der Waals surface area contributed by atoms with Crippen LogP contribution in [0.25, 0.3) is 0 Å². The highest BCUT2D eigenvalue weighted by molar-refractivity contribution is 7.90. The Morgan fingerprint density at radius 1 is 0.765 bits per heavy atom. The molecule has 0 aliphatic heterocycles. The van der Waals surface area contributed by atoms with Crippen LogP contribution in [-0.2, 0) is 10.0 Å². The first-order valence-corrected chi connectivity index (χ1v) is 13.4. The monoisotopic (exact) mass is 479 g/mol. The van der Waals surface area contributed by atoms with Crippen LogP contribution < -0.4 is 4.72 Å². The molecule has 2 atom stereocenters. The number of sulfonamides is 1. The van der Waals surface area contributed by atoms with Gasteiger partial charge in [-0.05, 0) is 73.9 Å². The Labute approximate surface area is 205 Å². The van der Waals surface area contributed by atoms with E-state index in [0.29, 0.717) is 17.4 Å². The van der Waals surface area contributed by atoms with Crippen LogP contribution in [0.2, 0.25) is 0 Å². The lowest BCUT2D eigenvalue weighted by Crippen LogP contribution is -2.30. The smallest absolute Gasteiger partial charge is 0.264 e. The van der Waals surface area contributed by atoms with Crippen molar-refractivity contribution in [2.24, 2.45) is 0 Å². The zero-order valence-corrected chi connectivity index (χ0v) is 21.9. The highest BCUT2D eigenvalue weighted by atomic mass is 32.2. The van der Waals surface area contributed by atoms with Gasteiger partial charge in [-0.25, -0.2) is 13.1 Å². The van der Waals surface area contributed by atoms with Crippen LogP contribution in [0.1, 0.15) is 85.0 Å². The number of benzene rings is 3. The quantitative estimate of drug-likeness (QED) is 0.392. The number of hydrogen-bond donors (Lipinski definition) is 1. The minimum atomic E-state index is -3.87. The minimum Gasteiger partial charge on any atom is -0.268 e. The molecule has 1 N–H and O–H groups in total. The summed E-state index contributed by atoms with van der Waals surface area (Å²) in [6.45, 7) is 12.7. The van der Waals surface area contributed by atoms with Gasteiger partial charge < -0.3 is 0 Å². The lowest BCUT2D eigenvalue weighted by molar-refractivity contribution is 0.0981. The van der Waals surface area contributed by atoms with E-state index in [-0.39, 0.29) is 4.90 Å². The summed E-state index contributed by atoms with van der Waals surface area (Å²) in [6, 6.07) is 22.2. The number of nitrogens with one attached hydrogen (secondary N) is 1. The van der Waals surface area contributed by atoms with Crippen LogP contribution in [-0.4, -0.2) is 14.3 Å². The fourth-order valence-corrected chi connectivity index (χ4v) is 4.34. The van der Waals surface area contributed by atoms with Crippen molar-refractivity contribution in [2.75, 3.05) is 0 Å². The first kappa shape index (κ1) is 27.3. The Kier molecular flexibility index (Phi) is 10.1. The second kappa shape index (κ2) is 12.5. The van der Waals surface area contributed by atoms with Crippen LogP contribution in [0.4, 0.5) is 0 Å². The van der Waals surface area contributed by atoms with Gasteiger partial charge in [0.2, 0.25) is 0 Å². The molecule has 5 heteroatoms. The van der Waals surface area contributed by atoms with Gasteiger partial charge in [0.25, 0.3) is 15.9 Å². The highest BCUT2D eigenvalue weighted by Gasteiger charge is 2.19. The molecule has 0 heterocycles. The third-order valence-electron chi connectivity index (χ3n) is 6.14. The highest BCUT2D eigenvalue weighted by Crippen LogP contribution is 2.21. The molecule has 3 rings (SSSR count). The largest absolute Gasteiger partial charge is 0.268 e. The first-order chi connectivity index (χ1) is 16.1. The molecular formula is C29H37NO3S. The summed E-state index contributed by atoms with van der Waals surface area (Å²) in [6.07, 6.45) is 2.21. The van der Waals surface area contributed by atoms with Gasteiger partial charge in [0.15, 0.2) is 0 Å². The Morgan fingerprint density at radius 2 is 1.32 bits per heavy atom. The molecule has 3 aromatic rings. The fraction of sp³-hybridized carbons (Fsp3) is 0.345. The summed E-state index contributed by atoms with van der Waals surface area (Å²) in [5, 5.41) is 0.